The summed E-state index contributed by atoms with van der Waals surface area (Å²) in [5.41, 5.74) is 0. The first kappa shape index (κ1) is 31.8. The van der Waals surface area contributed by atoms with Gasteiger partial charge >= 0.3 is 7.82 Å². The highest BCUT2D eigenvalue weighted by molar-refractivity contribution is 7.48. The standard InChI is InChI=1S/C18H39O13P/c1-20-4-7-23-10-13-26-16-29-32(19,30-17-27-14-11-24-8-5-21-2)31-18-28-15-12-25-9-6-22-3/h4-18H2,1-3H3. The second-order valence-corrected chi connectivity index (χ2v) is 7.40. The predicted octanol–water partition coefficient (Wildman–Crippen LogP) is 1.06. The van der Waals surface area contributed by atoms with Crippen molar-refractivity contribution in [3.8, 4) is 0 Å². The van der Waals surface area contributed by atoms with Gasteiger partial charge in [0.25, 0.3) is 0 Å². The number of hydrogen-bond acceptors (Lipinski definition) is 13. The molecule has 194 valence electrons. The van der Waals surface area contributed by atoms with Gasteiger partial charge in [0.2, 0.25) is 0 Å². The molecule has 0 heterocycles. The predicted molar refractivity (Wildman–Crippen MR) is 111 cm³/mol. The van der Waals surface area contributed by atoms with Crippen LogP contribution in [-0.2, 0) is 60.8 Å². The van der Waals surface area contributed by atoms with Crippen molar-refractivity contribution >= 4 is 7.82 Å². The summed E-state index contributed by atoms with van der Waals surface area (Å²) in [6, 6.07) is 0. The van der Waals surface area contributed by atoms with Crippen LogP contribution in [0.25, 0.3) is 0 Å². The molecule has 0 aliphatic heterocycles. The first-order valence-corrected chi connectivity index (χ1v) is 11.6. The minimum absolute atomic E-state index is 0.230. The second kappa shape index (κ2) is 25.4. The summed E-state index contributed by atoms with van der Waals surface area (Å²) >= 11 is 0. The van der Waals surface area contributed by atoms with Gasteiger partial charge in [-0.2, -0.15) is 0 Å². The fourth-order valence-corrected chi connectivity index (χ4v) is 2.52. The van der Waals surface area contributed by atoms with Crippen LogP contribution in [0.1, 0.15) is 0 Å². The van der Waals surface area contributed by atoms with E-state index in [0.29, 0.717) is 59.5 Å². The summed E-state index contributed by atoms with van der Waals surface area (Å²) in [7, 11) is 0.779. The van der Waals surface area contributed by atoms with Crippen LogP contribution < -0.4 is 0 Å². The molecule has 14 heteroatoms. The van der Waals surface area contributed by atoms with Gasteiger partial charge < -0.3 is 42.6 Å². The summed E-state index contributed by atoms with van der Waals surface area (Å²) < 4.78 is 74.0. The molecule has 0 aliphatic carbocycles. The van der Waals surface area contributed by atoms with E-state index in [1.807, 2.05) is 0 Å². The molecule has 0 N–H and O–H groups in total. The van der Waals surface area contributed by atoms with Gasteiger partial charge in [0.15, 0.2) is 20.4 Å². The number of phosphoric acid groups is 1. The summed E-state index contributed by atoms with van der Waals surface area (Å²) in [4.78, 5) is 0. The molecule has 0 unspecified atom stereocenters. The van der Waals surface area contributed by atoms with Crippen LogP contribution in [0.3, 0.4) is 0 Å². The van der Waals surface area contributed by atoms with Gasteiger partial charge in [0.05, 0.1) is 79.3 Å². The molecule has 0 saturated carbocycles. The zero-order chi connectivity index (χ0) is 23.6. The third-order valence-corrected chi connectivity index (χ3v) is 4.56. The third kappa shape index (κ3) is 22.9. The highest BCUT2D eigenvalue weighted by Gasteiger charge is 2.27. The first-order valence-electron chi connectivity index (χ1n) is 10.2. The Labute approximate surface area is 190 Å². The third-order valence-electron chi connectivity index (χ3n) is 3.29. The van der Waals surface area contributed by atoms with Gasteiger partial charge in [-0.15, -0.1) is 0 Å². The molecular formula is C18H39O13P. The molecule has 0 bridgehead atoms. The highest BCUT2D eigenvalue weighted by Crippen LogP contribution is 2.49. The average molecular weight is 494 g/mol. The van der Waals surface area contributed by atoms with E-state index in [4.69, 9.17) is 56.2 Å². The van der Waals surface area contributed by atoms with E-state index in [-0.39, 0.29) is 40.2 Å². The van der Waals surface area contributed by atoms with E-state index in [2.05, 4.69) is 0 Å². The Morgan fingerprint density at radius 3 is 0.938 bits per heavy atom. The summed E-state index contributed by atoms with van der Waals surface area (Å²) in [5, 5.41) is 0. The lowest BCUT2D eigenvalue weighted by atomic mass is 10.7. The van der Waals surface area contributed by atoms with E-state index in [1.54, 1.807) is 21.3 Å². The van der Waals surface area contributed by atoms with Crippen LogP contribution >= 0.6 is 7.82 Å². The molecule has 0 spiro atoms. The number of methoxy groups -OCH3 is 3. The minimum Gasteiger partial charge on any atom is -0.382 e. The summed E-state index contributed by atoms with van der Waals surface area (Å²) in [6.07, 6.45) is 0. The van der Waals surface area contributed by atoms with Crippen LogP contribution in [0, 0.1) is 0 Å². The number of hydrogen-bond donors (Lipinski definition) is 0. The van der Waals surface area contributed by atoms with E-state index in [9.17, 15) is 4.57 Å². The molecule has 0 saturated heterocycles. The SMILES string of the molecule is COCCOCCOCOP(=O)(OCOCCOCCOC)OCOCCOCCOC. The number of ether oxygens (including phenoxy) is 9. The van der Waals surface area contributed by atoms with Crippen molar-refractivity contribution in [2.75, 3.05) is 121 Å². The van der Waals surface area contributed by atoms with E-state index >= 15 is 0 Å². The molecule has 0 atom stereocenters. The maximum absolute atomic E-state index is 12.7. The van der Waals surface area contributed by atoms with Crippen LogP contribution in [-0.4, -0.2) is 121 Å². The Morgan fingerprint density at radius 1 is 0.406 bits per heavy atom. The smallest absolute Gasteiger partial charge is 0.382 e. The van der Waals surface area contributed by atoms with Crippen molar-refractivity contribution in [1.29, 1.82) is 0 Å². The lowest BCUT2D eigenvalue weighted by Gasteiger charge is -2.18. The Hall–Kier alpha value is -0.250. The van der Waals surface area contributed by atoms with Crippen molar-refractivity contribution in [1.82, 2.24) is 0 Å². The number of phosphoric ester groups is 1. The molecule has 0 aromatic carbocycles. The van der Waals surface area contributed by atoms with E-state index in [1.165, 1.54) is 0 Å². The molecule has 0 fully saturated rings. The van der Waals surface area contributed by atoms with E-state index < -0.39 is 7.82 Å². The highest BCUT2D eigenvalue weighted by atomic mass is 31.2. The molecule has 13 nitrogen and oxygen atoms in total. The molecule has 0 aromatic rings. The topological polar surface area (TPSA) is 128 Å². The Balaban J connectivity index is 4.06. The maximum Gasteiger partial charge on any atom is 0.481 e. The van der Waals surface area contributed by atoms with Gasteiger partial charge in [-0.25, -0.2) is 4.57 Å². The quantitative estimate of drug-likeness (QED) is 0.0918. The van der Waals surface area contributed by atoms with Crippen molar-refractivity contribution in [3.05, 3.63) is 0 Å². The van der Waals surface area contributed by atoms with Gasteiger partial charge in [0.1, 0.15) is 0 Å². The van der Waals surface area contributed by atoms with Gasteiger partial charge in [-0.3, -0.25) is 13.6 Å². The molecule has 32 heavy (non-hydrogen) atoms. The fraction of sp³-hybridized carbons (Fsp3) is 1.00. The first-order chi connectivity index (χ1) is 15.7. The largest absolute Gasteiger partial charge is 0.481 e. The normalized spacial score (nSPS) is 12.0. The lowest BCUT2D eigenvalue weighted by molar-refractivity contribution is -0.0857. The van der Waals surface area contributed by atoms with Crippen molar-refractivity contribution in [2.24, 2.45) is 0 Å². The Bertz CT molecular complexity index is 359. The summed E-state index contributed by atoms with van der Waals surface area (Å²) in [5.74, 6) is 0. The average Bonchev–Trinajstić information content (AvgIpc) is 2.79. The minimum atomic E-state index is -3.98. The van der Waals surface area contributed by atoms with Crippen molar-refractivity contribution in [2.45, 2.75) is 0 Å². The van der Waals surface area contributed by atoms with Gasteiger partial charge in [-0.1, -0.05) is 0 Å². The monoisotopic (exact) mass is 494 g/mol. The molecule has 0 rings (SSSR count). The van der Waals surface area contributed by atoms with Crippen LogP contribution in [0.2, 0.25) is 0 Å². The van der Waals surface area contributed by atoms with Crippen molar-refractivity contribution in [3.63, 3.8) is 0 Å². The molecule has 0 aromatic heterocycles. The van der Waals surface area contributed by atoms with Crippen LogP contribution in [0.4, 0.5) is 0 Å². The molecule has 0 amide bonds. The zero-order valence-electron chi connectivity index (χ0n) is 19.4. The molecular weight excluding hydrogens is 455 g/mol. The molecule has 0 aliphatic rings. The zero-order valence-corrected chi connectivity index (χ0v) is 20.3. The van der Waals surface area contributed by atoms with Gasteiger partial charge in [-0.05, 0) is 0 Å². The lowest BCUT2D eigenvalue weighted by Crippen LogP contribution is -2.14. The molecule has 0 radical (unpaired) electrons. The van der Waals surface area contributed by atoms with Crippen LogP contribution in [0.15, 0.2) is 0 Å². The second-order valence-electron chi connectivity index (χ2n) is 5.73. The van der Waals surface area contributed by atoms with E-state index in [0.717, 1.165) is 0 Å². The van der Waals surface area contributed by atoms with Crippen LogP contribution in [0.5, 0.6) is 0 Å². The Morgan fingerprint density at radius 2 is 0.656 bits per heavy atom. The maximum atomic E-state index is 12.7. The van der Waals surface area contributed by atoms with Gasteiger partial charge in [0, 0.05) is 21.3 Å². The van der Waals surface area contributed by atoms with Crippen molar-refractivity contribution < 1.29 is 60.8 Å². The number of rotatable bonds is 27. The summed E-state index contributed by atoms with van der Waals surface area (Å²) in [6.45, 7) is 3.51. The Kier molecular flexibility index (Phi) is 25.2. The fourth-order valence-electron chi connectivity index (χ4n) is 1.68.